The van der Waals surface area contributed by atoms with Crippen LogP contribution in [0, 0.1) is 0 Å². The van der Waals surface area contributed by atoms with Gasteiger partial charge >= 0.3 is 0 Å². The van der Waals surface area contributed by atoms with Gasteiger partial charge in [-0.25, -0.2) is 0 Å². The standard InChI is InChI=1S/C13H29NO3S/c1-4-5-6-7-8-11-14(2,3)12-9-10-13-18(15,16)17/h4-13H2,1-3H3/p+1. The Kier molecular flexibility index (Phi) is 8.82. The van der Waals surface area contributed by atoms with Crippen molar-refractivity contribution in [3.05, 3.63) is 0 Å². The first-order valence-electron chi connectivity index (χ1n) is 7.04. The van der Waals surface area contributed by atoms with Crippen molar-refractivity contribution in [1.82, 2.24) is 0 Å². The smallest absolute Gasteiger partial charge is 0.264 e. The van der Waals surface area contributed by atoms with E-state index < -0.39 is 10.1 Å². The molecular formula is C13H30NO3S+. The van der Waals surface area contributed by atoms with E-state index in [4.69, 9.17) is 4.55 Å². The molecule has 0 amide bonds. The molecule has 0 aliphatic rings. The van der Waals surface area contributed by atoms with Gasteiger partial charge in [0.05, 0.1) is 32.9 Å². The second-order valence-electron chi connectivity index (χ2n) is 5.79. The molecule has 18 heavy (non-hydrogen) atoms. The first-order chi connectivity index (χ1) is 8.27. The van der Waals surface area contributed by atoms with Crippen LogP contribution in [0.3, 0.4) is 0 Å². The van der Waals surface area contributed by atoms with E-state index in [-0.39, 0.29) is 5.75 Å². The largest absolute Gasteiger partial charge is 0.328 e. The summed E-state index contributed by atoms with van der Waals surface area (Å²) < 4.78 is 30.7. The maximum atomic E-state index is 10.6. The van der Waals surface area contributed by atoms with Gasteiger partial charge in [-0.2, -0.15) is 8.42 Å². The van der Waals surface area contributed by atoms with Crippen LogP contribution in [0.4, 0.5) is 0 Å². The molecule has 0 fully saturated rings. The molecule has 0 aliphatic carbocycles. The maximum Gasteiger partial charge on any atom is 0.264 e. The van der Waals surface area contributed by atoms with Crippen molar-refractivity contribution in [1.29, 1.82) is 0 Å². The fourth-order valence-electron chi connectivity index (χ4n) is 2.08. The average Bonchev–Trinajstić information content (AvgIpc) is 2.23. The third kappa shape index (κ3) is 12.3. The van der Waals surface area contributed by atoms with Crippen molar-refractivity contribution in [2.24, 2.45) is 0 Å². The fraction of sp³-hybridized carbons (Fsp3) is 1.00. The Balaban J connectivity index is 3.60. The van der Waals surface area contributed by atoms with E-state index in [1.807, 2.05) is 0 Å². The van der Waals surface area contributed by atoms with Crippen molar-refractivity contribution in [2.75, 3.05) is 32.9 Å². The Hall–Kier alpha value is -0.130. The van der Waals surface area contributed by atoms with E-state index in [1.54, 1.807) is 0 Å². The summed E-state index contributed by atoms with van der Waals surface area (Å²) >= 11 is 0. The van der Waals surface area contributed by atoms with Crippen LogP contribution in [0.25, 0.3) is 0 Å². The number of hydrogen-bond donors (Lipinski definition) is 1. The summed E-state index contributed by atoms with van der Waals surface area (Å²) in [7, 11) is 0.599. The van der Waals surface area contributed by atoms with Gasteiger partial charge in [0.25, 0.3) is 10.1 Å². The van der Waals surface area contributed by atoms with E-state index in [2.05, 4.69) is 21.0 Å². The molecule has 0 spiro atoms. The summed E-state index contributed by atoms with van der Waals surface area (Å²) in [5.41, 5.74) is 0. The van der Waals surface area contributed by atoms with Crippen LogP contribution < -0.4 is 0 Å². The number of hydrogen-bond acceptors (Lipinski definition) is 2. The highest BCUT2D eigenvalue weighted by molar-refractivity contribution is 7.85. The van der Waals surface area contributed by atoms with E-state index in [0.717, 1.165) is 24.0 Å². The lowest BCUT2D eigenvalue weighted by Crippen LogP contribution is -2.41. The molecule has 110 valence electrons. The zero-order valence-electron chi connectivity index (χ0n) is 12.2. The first-order valence-corrected chi connectivity index (χ1v) is 8.65. The molecule has 4 nitrogen and oxygen atoms in total. The van der Waals surface area contributed by atoms with Crippen molar-refractivity contribution in [3.63, 3.8) is 0 Å². The summed E-state index contributed by atoms with van der Waals surface area (Å²) in [6, 6.07) is 0. The lowest BCUT2D eigenvalue weighted by molar-refractivity contribution is -0.890. The summed E-state index contributed by atoms with van der Waals surface area (Å²) in [6.45, 7) is 4.34. The van der Waals surface area contributed by atoms with Gasteiger partial charge in [0, 0.05) is 0 Å². The Morgan fingerprint density at radius 3 is 1.89 bits per heavy atom. The Labute approximate surface area is 113 Å². The second kappa shape index (κ2) is 8.88. The summed E-state index contributed by atoms with van der Waals surface area (Å²) in [6.07, 6.45) is 7.85. The second-order valence-corrected chi connectivity index (χ2v) is 7.36. The van der Waals surface area contributed by atoms with E-state index in [1.165, 1.54) is 32.1 Å². The minimum Gasteiger partial charge on any atom is -0.328 e. The zero-order valence-corrected chi connectivity index (χ0v) is 13.0. The predicted molar refractivity (Wildman–Crippen MR) is 76.3 cm³/mol. The SMILES string of the molecule is CCCCCCC[N+](C)(C)CCCCS(=O)(=O)O. The molecule has 0 radical (unpaired) electrons. The average molecular weight is 280 g/mol. The summed E-state index contributed by atoms with van der Waals surface area (Å²) in [5.74, 6) is -0.108. The van der Waals surface area contributed by atoms with Crippen LogP contribution >= 0.6 is 0 Å². The van der Waals surface area contributed by atoms with Gasteiger partial charge in [-0.3, -0.25) is 4.55 Å². The lowest BCUT2D eigenvalue weighted by atomic mass is 10.1. The molecule has 0 heterocycles. The van der Waals surface area contributed by atoms with Crippen molar-refractivity contribution >= 4 is 10.1 Å². The van der Waals surface area contributed by atoms with Gasteiger partial charge in [-0.05, 0) is 25.7 Å². The lowest BCUT2D eigenvalue weighted by Gasteiger charge is -2.29. The van der Waals surface area contributed by atoms with Crippen molar-refractivity contribution in [2.45, 2.75) is 51.9 Å². The number of nitrogens with zero attached hydrogens (tertiary/aromatic N) is 1. The minimum absolute atomic E-state index is 0.108. The fourth-order valence-corrected chi connectivity index (χ4v) is 2.65. The zero-order chi connectivity index (χ0) is 14.1. The topological polar surface area (TPSA) is 54.4 Å². The molecule has 0 atom stereocenters. The molecule has 0 saturated heterocycles. The van der Waals surface area contributed by atoms with Gasteiger partial charge in [0.1, 0.15) is 0 Å². The molecule has 0 aromatic heterocycles. The quantitative estimate of drug-likeness (QED) is 0.360. The van der Waals surface area contributed by atoms with E-state index in [9.17, 15) is 8.42 Å². The Bertz CT molecular complexity index is 299. The summed E-state index contributed by atoms with van der Waals surface area (Å²) in [4.78, 5) is 0. The molecular weight excluding hydrogens is 250 g/mol. The molecule has 0 unspecified atom stereocenters. The number of unbranched alkanes of at least 4 members (excludes halogenated alkanes) is 5. The highest BCUT2D eigenvalue weighted by atomic mass is 32.2. The molecule has 1 N–H and O–H groups in total. The van der Waals surface area contributed by atoms with Crippen LogP contribution in [0.1, 0.15) is 51.9 Å². The van der Waals surface area contributed by atoms with Gasteiger partial charge in [0.2, 0.25) is 0 Å². The van der Waals surface area contributed by atoms with Crippen LogP contribution in [-0.2, 0) is 10.1 Å². The van der Waals surface area contributed by atoms with Gasteiger partial charge < -0.3 is 4.48 Å². The number of quaternary nitrogens is 1. The monoisotopic (exact) mass is 280 g/mol. The van der Waals surface area contributed by atoms with Gasteiger partial charge in [-0.1, -0.05) is 26.2 Å². The highest BCUT2D eigenvalue weighted by Gasteiger charge is 2.14. The van der Waals surface area contributed by atoms with Crippen LogP contribution in [0.15, 0.2) is 0 Å². The molecule has 0 bridgehead atoms. The minimum atomic E-state index is -3.78. The molecule has 5 heteroatoms. The summed E-state index contributed by atoms with van der Waals surface area (Å²) in [5, 5.41) is 0. The van der Waals surface area contributed by atoms with Crippen LogP contribution in [0.2, 0.25) is 0 Å². The van der Waals surface area contributed by atoms with Crippen molar-refractivity contribution < 1.29 is 17.5 Å². The number of rotatable bonds is 11. The first kappa shape index (κ1) is 17.9. The van der Waals surface area contributed by atoms with Crippen LogP contribution in [-0.4, -0.2) is 50.4 Å². The molecule has 0 aliphatic heterocycles. The van der Waals surface area contributed by atoms with Crippen LogP contribution in [0.5, 0.6) is 0 Å². The predicted octanol–water partition coefficient (Wildman–Crippen LogP) is 2.70. The van der Waals surface area contributed by atoms with Crippen molar-refractivity contribution in [3.8, 4) is 0 Å². The van der Waals surface area contributed by atoms with Gasteiger partial charge in [-0.15, -0.1) is 0 Å². The third-order valence-electron chi connectivity index (χ3n) is 3.28. The van der Waals surface area contributed by atoms with Gasteiger partial charge in [0.15, 0.2) is 0 Å². The molecule has 0 rings (SSSR count). The third-order valence-corrected chi connectivity index (χ3v) is 4.09. The molecule has 0 aromatic carbocycles. The highest BCUT2D eigenvalue weighted by Crippen LogP contribution is 2.08. The Morgan fingerprint density at radius 2 is 1.39 bits per heavy atom. The van der Waals surface area contributed by atoms with E-state index in [0.29, 0.717) is 6.42 Å². The maximum absolute atomic E-state index is 10.6. The molecule has 0 saturated carbocycles. The van der Waals surface area contributed by atoms with E-state index >= 15 is 0 Å². The Morgan fingerprint density at radius 1 is 0.889 bits per heavy atom. The molecule has 0 aromatic rings. The normalized spacial score (nSPS) is 12.9.